The van der Waals surface area contributed by atoms with Gasteiger partial charge in [0.2, 0.25) is 0 Å². The summed E-state index contributed by atoms with van der Waals surface area (Å²) in [5, 5.41) is 0. The van der Waals surface area contributed by atoms with Crippen molar-refractivity contribution in [2.45, 2.75) is 0 Å². The summed E-state index contributed by atoms with van der Waals surface area (Å²) in [4.78, 5) is 6.92. The van der Waals surface area contributed by atoms with E-state index in [0.29, 0.717) is 0 Å². The van der Waals surface area contributed by atoms with E-state index in [-0.39, 0.29) is 22.8 Å². The van der Waals surface area contributed by atoms with Crippen molar-refractivity contribution in [1.82, 2.24) is 0 Å². The molecule has 0 amide bonds. The van der Waals surface area contributed by atoms with E-state index in [9.17, 15) is 0 Å². The molecule has 1 atom stereocenters. The second-order valence-electron chi connectivity index (χ2n) is 0. The first-order valence-corrected chi connectivity index (χ1v) is 0.775. The minimum absolute atomic E-state index is 0. The van der Waals surface area contributed by atoms with Gasteiger partial charge in [-0.05, 0) is 9.47 Å². The molecule has 0 saturated carbocycles. The fourth-order valence-electron chi connectivity index (χ4n) is 0. The second-order valence-corrected chi connectivity index (χ2v) is 0. The molecule has 0 saturated heterocycles. The first-order chi connectivity index (χ1) is 1.00. The van der Waals surface area contributed by atoms with E-state index in [1.54, 1.807) is 0 Å². The molecule has 0 aromatic carbocycles. The van der Waals surface area contributed by atoms with Gasteiger partial charge in [0.05, 0.1) is 0 Å². The number of rotatable bonds is 0. The Morgan fingerprint density at radius 1 is 1.25 bits per heavy atom. The average molecular weight is 98.0 g/mol. The van der Waals surface area contributed by atoms with Gasteiger partial charge in [-0.25, -0.2) is 0 Å². The van der Waals surface area contributed by atoms with Gasteiger partial charge >= 0.3 is 0 Å². The topological polar surface area (TPSA) is 51.7 Å². The standard InChI is InChI=1S/Al.H3OP.H2O.3H/c;1-2;;;;/h;1H,2H2;1H2;;;. The third-order valence-electron chi connectivity index (χ3n) is 0. The third kappa shape index (κ3) is 13.1. The van der Waals surface area contributed by atoms with E-state index in [4.69, 9.17) is 4.89 Å². The average Bonchev–Trinajstić information content (AvgIpc) is 1.00. The minimum atomic E-state index is 0. The molecule has 4 heteroatoms. The summed E-state index contributed by atoms with van der Waals surface area (Å²) in [6.45, 7) is 0. The SMILES string of the molecule is O.OP.[AlH3]. The lowest BCUT2D eigenvalue weighted by atomic mass is 15.9. The molecule has 1 unspecified atom stereocenters. The molecule has 0 aromatic rings. The monoisotopic (exact) mass is 98.0 g/mol. The maximum atomic E-state index is 6.92. The van der Waals surface area contributed by atoms with Crippen LogP contribution < -0.4 is 0 Å². The first-order valence-electron chi connectivity index (χ1n) is 0.258. The van der Waals surface area contributed by atoms with Gasteiger partial charge < -0.3 is 10.4 Å². The Kier molecular flexibility index (Phi) is 215. The highest BCUT2D eigenvalue weighted by Gasteiger charge is 0.825. The number of hydrogen-bond acceptors (Lipinski definition) is 1. The molecule has 3 N–H and O–H groups in total. The van der Waals surface area contributed by atoms with Crippen LogP contribution in [0.2, 0.25) is 0 Å². The zero-order chi connectivity index (χ0) is 2.00. The summed E-state index contributed by atoms with van der Waals surface area (Å²) in [5.74, 6) is 0. The molecule has 0 aliphatic heterocycles. The van der Waals surface area contributed by atoms with Gasteiger partial charge in [0.1, 0.15) is 0 Å². The molecule has 0 aliphatic carbocycles. The van der Waals surface area contributed by atoms with Gasteiger partial charge in [-0.15, -0.1) is 0 Å². The van der Waals surface area contributed by atoms with Crippen molar-refractivity contribution in [3.63, 3.8) is 0 Å². The van der Waals surface area contributed by atoms with Crippen LogP contribution in [-0.2, 0) is 0 Å². The zero-order valence-corrected chi connectivity index (χ0v) is 2.68. The summed E-state index contributed by atoms with van der Waals surface area (Å²) in [7, 11) is 1.42. The largest absolute Gasteiger partial charge is 0.412 e. The molecule has 0 aromatic heterocycles. The molecule has 0 fully saturated rings. The molecule has 0 aliphatic rings. The fourth-order valence-corrected chi connectivity index (χ4v) is 0. The van der Waals surface area contributed by atoms with E-state index in [0.717, 1.165) is 0 Å². The lowest BCUT2D eigenvalue weighted by molar-refractivity contribution is 0.664. The van der Waals surface area contributed by atoms with Crippen molar-refractivity contribution >= 4 is 26.8 Å². The van der Waals surface area contributed by atoms with Gasteiger partial charge in [0.25, 0.3) is 0 Å². The van der Waals surface area contributed by atoms with Crippen molar-refractivity contribution in [2.24, 2.45) is 0 Å². The molecule has 28 valence electrons. The van der Waals surface area contributed by atoms with Gasteiger partial charge in [0, 0.05) is 0 Å². The predicted molar refractivity (Wildman–Crippen MR) is 25.5 cm³/mol. The van der Waals surface area contributed by atoms with Crippen molar-refractivity contribution < 1.29 is 10.4 Å². The van der Waals surface area contributed by atoms with Crippen LogP contribution in [0.15, 0.2) is 0 Å². The highest BCUT2D eigenvalue weighted by molar-refractivity contribution is 7.08. The van der Waals surface area contributed by atoms with E-state index in [1.807, 2.05) is 0 Å². The van der Waals surface area contributed by atoms with Crippen LogP contribution in [0.4, 0.5) is 0 Å². The van der Waals surface area contributed by atoms with Crippen LogP contribution in [0.1, 0.15) is 0 Å². The molecule has 2 nitrogen and oxygen atoms in total. The minimum Gasteiger partial charge on any atom is -0.412 e. The van der Waals surface area contributed by atoms with E-state index in [2.05, 4.69) is 0 Å². The Morgan fingerprint density at radius 2 is 1.25 bits per heavy atom. The summed E-state index contributed by atoms with van der Waals surface area (Å²) in [6.07, 6.45) is 0. The van der Waals surface area contributed by atoms with Gasteiger partial charge in [-0.3, -0.25) is 0 Å². The molecule has 0 heterocycles. The summed E-state index contributed by atoms with van der Waals surface area (Å²) in [5.41, 5.74) is 0. The van der Waals surface area contributed by atoms with Crippen molar-refractivity contribution in [1.29, 1.82) is 0 Å². The van der Waals surface area contributed by atoms with E-state index >= 15 is 0 Å². The summed E-state index contributed by atoms with van der Waals surface area (Å²) < 4.78 is 0. The Balaban J connectivity index is -0.00000000500. The van der Waals surface area contributed by atoms with Crippen LogP contribution in [0.3, 0.4) is 0 Å². The van der Waals surface area contributed by atoms with Crippen molar-refractivity contribution in [2.75, 3.05) is 0 Å². The quantitative estimate of drug-likeness (QED) is 0.270. The van der Waals surface area contributed by atoms with Gasteiger partial charge in [-0.2, -0.15) is 0 Å². The maximum Gasteiger partial charge on any atom is 0.187 e. The highest BCUT2D eigenvalue weighted by Crippen LogP contribution is 1.44. The van der Waals surface area contributed by atoms with Crippen LogP contribution in [-0.4, -0.2) is 27.7 Å². The van der Waals surface area contributed by atoms with Crippen molar-refractivity contribution in [3.05, 3.63) is 0 Å². The molecule has 0 spiro atoms. The molecular weight excluding hydrogens is 90.0 g/mol. The molecule has 0 bridgehead atoms. The van der Waals surface area contributed by atoms with Gasteiger partial charge in [0.15, 0.2) is 17.4 Å². The van der Waals surface area contributed by atoms with Crippen molar-refractivity contribution in [3.8, 4) is 0 Å². The van der Waals surface area contributed by atoms with Crippen LogP contribution in [0, 0.1) is 0 Å². The second kappa shape index (κ2) is 41.4. The van der Waals surface area contributed by atoms with Gasteiger partial charge in [-0.1, -0.05) is 0 Å². The highest BCUT2D eigenvalue weighted by atomic mass is 31.0. The Bertz CT molecular complexity index is 6.00. The Hall–Kier alpha value is 0.882. The molecular formula is H8AlO2P. The van der Waals surface area contributed by atoms with Crippen LogP contribution >= 0.6 is 9.47 Å². The van der Waals surface area contributed by atoms with Crippen LogP contribution in [0.5, 0.6) is 0 Å². The summed E-state index contributed by atoms with van der Waals surface area (Å²) in [6, 6.07) is 0. The Morgan fingerprint density at radius 3 is 1.25 bits per heavy atom. The van der Waals surface area contributed by atoms with E-state index in [1.165, 1.54) is 9.47 Å². The summed E-state index contributed by atoms with van der Waals surface area (Å²) >= 11 is 0. The smallest absolute Gasteiger partial charge is 0.187 e. The lowest BCUT2D eigenvalue weighted by Crippen LogP contribution is -0.868. The predicted octanol–water partition coefficient (Wildman–Crippen LogP) is -2.24. The fraction of sp³-hybridized carbons (Fsp3) is 0. The molecule has 0 rings (SSSR count). The number of hydrogen-bond donors (Lipinski definition) is 1. The normalized spacial score (nSPS) is 1.50. The lowest BCUT2D eigenvalue weighted by Gasteiger charge is -1.21. The molecule has 0 radical (unpaired) electrons. The first kappa shape index (κ1) is 20.8. The Labute approximate surface area is 37.9 Å². The van der Waals surface area contributed by atoms with Crippen LogP contribution in [0.25, 0.3) is 0 Å². The third-order valence-corrected chi connectivity index (χ3v) is 0. The van der Waals surface area contributed by atoms with E-state index < -0.39 is 0 Å². The zero-order valence-electron chi connectivity index (χ0n) is 1.52. The molecule has 4 heavy (non-hydrogen) atoms. The maximum absolute atomic E-state index is 6.92.